The van der Waals surface area contributed by atoms with Crippen LogP contribution in [-0.4, -0.2) is 26.5 Å². The molecular weight excluding hydrogens is 377 g/mol. The Morgan fingerprint density at radius 1 is 1.21 bits per heavy atom. The molecule has 3 aromatic rings. The standard InChI is InChI=1S/C20H22FN5OS/c1-12-7-8-15(9-13(12)2)14(3)23-18(27)11-28-20-25-24-19(26(20)22)16-5-4-6-17(21)10-16/h4-10,14H,11,22H2,1-3H3,(H,23,27)/t14-/m1/s1. The van der Waals surface area contributed by atoms with Crippen molar-refractivity contribution < 1.29 is 9.18 Å². The molecule has 1 aromatic heterocycles. The molecule has 0 saturated carbocycles. The molecule has 0 unspecified atom stereocenters. The molecule has 0 aliphatic carbocycles. The Morgan fingerprint density at radius 3 is 2.71 bits per heavy atom. The van der Waals surface area contributed by atoms with E-state index in [1.54, 1.807) is 12.1 Å². The third-order valence-corrected chi connectivity index (χ3v) is 5.43. The number of hydrogen-bond donors (Lipinski definition) is 2. The minimum absolute atomic E-state index is 0.106. The van der Waals surface area contributed by atoms with E-state index < -0.39 is 0 Å². The number of benzene rings is 2. The first-order valence-corrected chi connectivity index (χ1v) is 9.79. The largest absolute Gasteiger partial charge is 0.349 e. The van der Waals surface area contributed by atoms with Gasteiger partial charge in [0.1, 0.15) is 5.82 Å². The Kier molecular flexibility index (Phi) is 5.99. The van der Waals surface area contributed by atoms with Crippen LogP contribution in [0.4, 0.5) is 4.39 Å². The molecule has 0 aliphatic rings. The SMILES string of the molecule is Cc1ccc([C@@H](C)NC(=O)CSc2nnc(-c3cccc(F)c3)n2N)cc1C. The lowest BCUT2D eigenvalue weighted by atomic mass is 10.0. The number of carbonyl (C=O) groups excluding carboxylic acids is 1. The van der Waals surface area contributed by atoms with Gasteiger partial charge in [-0.15, -0.1) is 10.2 Å². The third kappa shape index (κ3) is 4.51. The Hall–Kier alpha value is -2.87. The average molecular weight is 399 g/mol. The number of nitrogen functional groups attached to an aromatic ring is 1. The molecule has 3 rings (SSSR count). The summed E-state index contributed by atoms with van der Waals surface area (Å²) in [4.78, 5) is 12.3. The molecule has 0 saturated heterocycles. The van der Waals surface area contributed by atoms with Crippen LogP contribution in [-0.2, 0) is 4.79 Å². The summed E-state index contributed by atoms with van der Waals surface area (Å²) >= 11 is 1.18. The molecule has 0 bridgehead atoms. The second-order valence-electron chi connectivity index (χ2n) is 6.61. The van der Waals surface area contributed by atoms with Gasteiger partial charge >= 0.3 is 0 Å². The fourth-order valence-corrected chi connectivity index (χ4v) is 3.40. The lowest BCUT2D eigenvalue weighted by molar-refractivity contribution is -0.119. The topological polar surface area (TPSA) is 85.8 Å². The van der Waals surface area contributed by atoms with Gasteiger partial charge in [-0.05, 0) is 49.6 Å². The molecule has 3 N–H and O–H groups in total. The molecular formula is C20H22FN5OS. The summed E-state index contributed by atoms with van der Waals surface area (Å²) in [5, 5.41) is 11.4. The van der Waals surface area contributed by atoms with Crippen molar-refractivity contribution in [3.63, 3.8) is 0 Å². The number of amides is 1. The normalized spacial score (nSPS) is 12.0. The lowest BCUT2D eigenvalue weighted by Crippen LogP contribution is -2.28. The number of nitrogens with two attached hydrogens (primary N) is 1. The monoisotopic (exact) mass is 399 g/mol. The number of nitrogens with zero attached hydrogens (tertiary/aromatic N) is 3. The van der Waals surface area contributed by atoms with Gasteiger partial charge in [0.05, 0.1) is 11.8 Å². The molecule has 146 valence electrons. The van der Waals surface area contributed by atoms with Crippen molar-refractivity contribution in [3.05, 3.63) is 65.0 Å². The molecule has 6 nitrogen and oxygen atoms in total. The van der Waals surface area contributed by atoms with Gasteiger partial charge in [0.2, 0.25) is 11.1 Å². The van der Waals surface area contributed by atoms with Crippen molar-refractivity contribution in [2.75, 3.05) is 11.6 Å². The number of carbonyl (C=O) groups is 1. The average Bonchev–Trinajstić information content (AvgIpc) is 3.02. The number of nitrogens with one attached hydrogen (secondary N) is 1. The maximum absolute atomic E-state index is 13.4. The number of aromatic nitrogens is 3. The van der Waals surface area contributed by atoms with Crippen LogP contribution in [0.15, 0.2) is 47.6 Å². The Bertz CT molecular complexity index is 1000. The van der Waals surface area contributed by atoms with E-state index in [-0.39, 0.29) is 23.5 Å². The van der Waals surface area contributed by atoms with Gasteiger partial charge in [-0.2, -0.15) is 0 Å². The summed E-state index contributed by atoms with van der Waals surface area (Å²) in [5.41, 5.74) is 3.98. The van der Waals surface area contributed by atoms with E-state index in [9.17, 15) is 9.18 Å². The van der Waals surface area contributed by atoms with Crippen molar-refractivity contribution in [1.82, 2.24) is 20.2 Å². The number of hydrogen-bond acceptors (Lipinski definition) is 5. The van der Waals surface area contributed by atoms with Gasteiger partial charge in [-0.25, -0.2) is 9.07 Å². The highest BCUT2D eigenvalue weighted by atomic mass is 32.2. The first-order chi connectivity index (χ1) is 13.3. The smallest absolute Gasteiger partial charge is 0.230 e. The van der Waals surface area contributed by atoms with E-state index in [0.717, 1.165) is 5.56 Å². The van der Waals surface area contributed by atoms with Crippen LogP contribution < -0.4 is 11.2 Å². The van der Waals surface area contributed by atoms with Gasteiger partial charge in [0.15, 0.2) is 5.82 Å². The highest BCUT2D eigenvalue weighted by molar-refractivity contribution is 7.99. The van der Waals surface area contributed by atoms with E-state index in [0.29, 0.717) is 16.5 Å². The van der Waals surface area contributed by atoms with Crippen molar-refractivity contribution in [3.8, 4) is 11.4 Å². The number of rotatable bonds is 6. The number of halogens is 1. The summed E-state index contributed by atoms with van der Waals surface area (Å²) < 4.78 is 14.7. The van der Waals surface area contributed by atoms with Gasteiger partial charge in [-0.3, -0.25) is 4.79 Å². The highest BCUT2D eigenvalue weighted by Gasteiger charge is 2.15. The summed E-state index contributed by atoms with van der Waals surface area (Å²) in [6, 6.07) is 12.0. The quantitative estimate of drug-likeness (QED) is 0.490. The molecule has 0 aliphatic heterocycles. The minimum Gasteiger partial charge on any atom is -0.349 e. The van der Waals surface area contributed by atoms with Crippen LogP contribution in [0.5, 0.6) is 0 Å². The zero-order valence-electron chi connectivity index (χ0n) is 15.9. The second-order valence-corrected chi connectivity index (χ2v) is 7.55. The van der Waals surface area contributed by atoms with Gasteiger partial charge < -0.3 is 11.2 Å². The van der Waals surface area contributed by atoms with Crippen LogP contribution in [0.3, 0.4) is 0 Å². The molecule has 0 radical (unpaired) electrons. The Balaban J connectivity index is 1.61. The summed E-state index contributed by atoms with van der Waals surface area (Å²) in [7, 11) is 0. The van der Waals surface area contributed by atoms with Crippen LogP contribution in [0.2, 0.25) is 0 Å². The molecule has 28 heavy (non-hydrogen) atoms. The first-order valence-electron chi connectivity index (χ1n) is 8.81. The molecule has 0 spiro atoms. The molecule has 1 atom stereocenters. The van der Waals surface area contributed by atoms with Crippen molar-refractivity contribution in [2.24, 2.45) is 0 Å². The maximum atomic E-state index is 13.4. The van der Waals surface area contributed by atoms with E-state index in [4.69, 9.17) is 5.84 Å². The number of aryl methyl sites for hydroxylation is 2. The Labute approximate surface area is 167 Å². The van der Waals surface area contributed by atoms with Crippen molar-refractivity contribution in [2.45, 2.75) is 32.0 Å². The fraction of sp³-hybridized carbons (Fsp3) is 0.250. The van der Waals surface area contributed by atoms with E-state index in [1.165, 1.54) is 39.7 Å². The van der Waals surface area contributed by atoms with Crippen LogP contribution in [0, 0.1) is 19.7 Å². The van der Waals surface area contributed by atoms with E-state index in [1.807, 2.05) is 26.0 Å². The zero-order valence-corrected chi connectivity index (χ0v) is 16.8. The van der Waals surface area contributed by atoms with Crippen molar-refractivity contribution in [1.29, 1.82) is 0 Å². The van der Waals surface area contributed by atoms with Crippen molar-refractivity contribution >= 4 is 17.7 Å². The van der Waals surface area contributed by atoms with E-state index in [2.05, 4.69) is 28.5 Å². The van der Waals surface area contributed by atoms with E-state index >= 15 is 0 Å². The van der Waals surface area contributed by atoms with Crippen LogP contribution >= 0.6 is 11.8 Å². The predicted molar refractivity (Wildman–Crippen MR) is 109 cm³/mol. The Morgan fingerprint density at radius 2 is 2.00 bits per heavy atom. The summed E-state index contributed by atoms with van der Waals surface area (Å²) in [6.45, 7) is 6.05. The zero-order chi connectivity index (χ0) is 20.3. The molecule has 0 fully saturated rings. The molecule has 1 amide bonds. The second kappa shape index (κ2) is 8.43. The van der Waals surface area contributed by atoms with Crippen LogP contribution in [0.1, 0.15) is 29.7 Å². The third-order valence-electron chi connectivity index (χ3n) is 4.49. The van der Waals surface area contributed by atoms with Crippen LogP contribution in [0.25, 0.3) is 11.4 Å². The molecule has 2 aromatic carbocycles. The number of thioether (sulfide) groups is 1. The fourth-order valence-electron chi connectivity index (χ4n) is 2.73. The predicted octanol–water partition coefficient (Wildman–Crippen LogP) is 3.38. The maximum Gasteiger partial charge on any atom is 0.230 e. The molecule has 1 heterocycles. The first kappa shape index (κ1) is 19.9. The van der Waals surface area contributed by atoms with Gasteiger partial charge in [-0.1, -0.05) is 42.1 Å². The minimum atomic E-state index is -0.380. The van der Waals surface area contributed by atoms with Gasteiger partial charge in [0, 0.05) is 5.56 Å². The lowest BCUT2D eigenvalue weighted by Gasteiger charge is -2.15. The highest BCUT2D eigenvalue weighted by Crippen LogP contribution is 2.22. The summed E-state index contributed by atoms with van der Waals surface area (Å²) in [5.74, 6) is 5.98. The van der Waals surface area contributed by atoms with Gasteiger partial charge in [0.25, 0.3) is 0 Å². The summed E-state index contributed by atoms with van der Waals surface area (Å²) in [6.07, 6.45) is 0. The molecule has 8 heteroatoms.